The van der Waals surface area contributed by atoms with Gasteiger partial charge in [0.1, 0.15) is 0 Å². The van der Waals surface area contributed by atoms with Gasteiger partial charge in [0.25, 0.3) is 5.91 Å². The lowest BCUT2D eigenvalue weighted by Gasteiger charge is -2.17. The highest BCUT2D eigenvalue weighted by Gasteiger charge is 2.17. The van der Waals surface area contributed by atoms with Crippen molar-refractivity contribution in [2.45, 2.75) is 4.90 Å². The Morgan fingerprint density at radius 3 is 2.60 bits per heavy atom. The molecule has 0 heterocycles. The number of rotatable bonds is 6. The van der Waals surface area contributed by atoms with Gasteiger partial charge in [0.05, 0.1) is 12.7 Å². The Hall–Kier alpha value is -1.98. The van der Waals surface area contributed by atoms with Crippen LogP contribution in [0.15, 0.2) is 70.6 Å². The number of nitrogens with zero attached hydrogens (tertiary/aromatic N) is 1. The molecule has 0 saturated carbocycles. The third kappa shape index (κ3) is 4.60. The Balaban J connectivity index is 2.94. The van der Waals surface area contributed by atoms with Crippen molar-refractivity contribution in [3.05, 3.63) is 65.7 Å². The van der Waals surface area contributed by atoms with Gasteiger partial charge < -0.3 is 5.73 Å². The zero-order valence-electron chi connectivity index (χ0n) is 11.6. The monoisotopic (exact) mass is 290 g/mol. The van der Waals surface area contributed by atoms with Crippen molar-refractivity contribution < 1.29 is 9.63 Å². The van der Waals surface area contributed by atoms with Crippen molar-refractivity contribution in [3.8, 4) is 0 Å². The fourth-order valence-corrected chi connectivity index (χ4v) is 2.22. The third-order valence-electron chi connectivity index (χ3n) is 2.45. The van der Waals surface area contributed by atoms with Gasteiger partial charge in [-0.1, -0.05) is 36.5 Å². The standard InChI is InChI=1S/C15H18N2O2S/c1-12(20-13-8-5-4-6-9-13)14(10-7-11-16)15(18)17(2)19-3/h4-11H,1,16H2,2-3H3/b11-7-,14-10+. The van der Waals surface area contributed by atoms with Crippen LogP contribution in [0, 0.1) is 0 Å². The molecule has 0 fully saturated rings. The molecule has 0 aliphatic heterocycles. The fraction of sp³-hybridized carbons (Fsp3) is 0.133. The van der Waals surface area contributed by atoms with E-state index in [2.05, 4.69) is 6.58 Å². The molecular formula is C15H18N2O2S. The fourth-order valence-electron chi connectivity index (χ4n) is 1.37. The van der Waals surface area contributed by atoms with E-state index < -0.39 is 0 Å². The number of hydrogen-bond acceptors (Lipinski definition) is 4. The van der Waals surface area contributed by atoms with Gasteiger partial charge in [-0.2, -0.15) is 0 Å². The normalized spacial score (nSPS) is 11.6. The largest absolute Gasteiger partial charge is 0.405 e. The molecule has 1 aromatic rings. The Labute approximate surface area is 123 Å². The van der Waals surface area contributed by atoms with E-state index in [4.69, 9.17) is 10.6 Å². The molecule has 106 valence electrons. The quantitative estimate of drug-likeness (QED) is 0.379. The van der Waals surface area contributed by atoms with Gasteiger partial charge in [0, 0.05) is 16.8 Å². The predicted octanol–water partition coefficient (Wildman–Crippen LogP) is 2.71. The summed E-state index contributed by atoms with van der Waals surface area (Å²) in [6.45, 7) is 3.96. The second kappa shape index (κ2) is 8.24. The van der Waals surface area contributed by atoms with Crippen LogP contribution in [-0.4, -0.2) is 25.1 Å². The molecule has 0 bridgehead atoms. The second-order valence-corrected chi connectivity index (χ2v) is 4.96. The average Bonchev–Trinajstić information content (AvgIpc) is 2.47. The summed E-state index contributed by atoms with van der Waals surface area (Å²) in [6.07, 6.45) is 4.57. The van der Waals surface area contributed by atoms with Crippen LogP contribution >= 0.6 is 11.8 Å². The Morgan fingerprint density at radius 2 is 2.05 bits per heavy atom. The van der Waals surface area contributed by atoms with Crippen LogP contribution in [-0.2, 0) is 9.63 Å². The van der Waals surface area contributed by atoms with E-state index in [0.29, 0.717) is 10.5 Å². The molecule has 0 spiro atoms. The van der Waals surface area contributed by atoms with E-state index in [1.165, 1.54) is 25.1 Å². The number of hydrogen-bond donors (Lipinski definition) is 1. The molecule has 1 aromatic carbocycles. The first-order valence-electron chi connectivity index (χ1n) is 5.93. The van der Waals surface area contributed by atoms with Crippen LogP contribution in [0.1, 0.15) is 0 Å². The highest BCUT2D eigenvalue weighted by molar-refractivity contribution is 8.03. The maximum Gasteiger partial charge on any atom is 0.278 e. The number of amides is 1. The molecule has 1 rings (SSSR count). The maximum absolute atomic E-state index is 12.2. The van der Waals surface area contributed by atoms with Gasteiger partial charge >= 0.3 is 0 Å². The zero-order chi connectivity index (χ0) is 15.0. The summed E-state index contributed by atoms with van der Waals surface area (Å²) in [6, 6.07) is 9.71. The summed E-state index contributed by atoms with van der Waals surface area (Å²) in [5.41, 5.74) is 5.76. The van der Waals surface area contributed by atoms with Crippen molar-refractivity contribution in [1.29, 1.82) is 0 Å². The highest BCUT2D eigenvalue weighted by atomic mass is 32.2. The number of allylic oxidation sites excluding steroid dienone is 2. The zero-order valence-corrected chi connectivity index (χ0v) is 12.4. The summed E-state index contributed by atoms with van der Waals surface area (Å²) >= 11 is 1.42. The smallest absolute Gasteiger partial charge is 0.278 e. The molecule has 0 atom stereocenters. The number of carbonyl (C=O) groups excluding carboxylic acids is 1. The number of thioether (sulfide) groups is 1. The van der Waals surface area contributed by atoms with Crippen molar-refractivity contribution in [2.24, 2.45) is 5.73 Å². The minimum atomic E-state index is -0.279. The Morgan fingerprint density at radius 1 is 1.40 bits per heavy atom. The minimum Gasteiger partial charge on any atom is -0.405 e. The summed E-state index contributed by atoms with van der Waals surface area (Å²) in [5, 5.41) is 1.15. The number of hydroxylamine groups is 2. The van der Waals surface area contributed by atoms with E-state index in [0.717, 1.165) is 9.96 Å². The summed E-state index contributed by atoms with van der Waals surface area (Å²) in [7, 11) is 2.98. The van der Waals surface area contributed by atoms with E-state index in [-0.39, 0.29) is 5.91 Å². The van der Waals surface area contributed by atoms with Gasteiger partial charge in [-0.15, -0.1) is 0 Å². The lowest BCUT2D eigenvalue weighted by atomic mass is 10.2. The van der Waals surface area contributed by atoms with Crippen LogP contribution in [0.25, 0.3) is 0 Å². The molecule has 0 radical (unpaired) electrons. The molecule has 0 aliphatic rings. The van der Waals surface area contributed by atoms with E-state index in [1.54, 1.807) is 19.2 Å². The first kappa shape index (κ1) is 16.1. The molecule has 0 aromatic heterocycles. The van der Waals surface area contributed by atoms with Gasteiger partial charge in [0.15, 0.2) is 0 Å². The predicted molar refractivity (Wildman–Crippen MR) is 82.6 cm³/mol. The molecule has 2 N–H and O–H groups in total. The number of likely N-dealkylation sites (N-methyl/N-ethyl adjacent to an activating group) is 1. The first-order valence-corrected chi connectivity index (χ1v) is 6.74. The second-order valence-electron chi connectivity index (χ2n) is 3.79. The average molecular weight is 290 g/mol. The van der Waals surface area contributed by atoms with E-state index in [9.17, 15) is 4.79 Å². The molecule has 20 heavy (non-hydrogen) atoms. The number of benzene rings is 1. The van der Waals surface area contributed by atoms with E-state index in [1.807, 2.05) is 30.3 Å². The molecule has 5 heteroatoms. The van der Waals surface area contributed by atoms with Crippen molar-refractivity contribution >= 4 is 17.7 Å². The van der Waals surface area contributed by atoms with Crippen LogP contribution in [0.2, 0.25) is 0 Å². The topological polar surface area (TPSA) is 55.6 Å². The van der Waals surface area contributed by atoms with Crippen LogP contribution in [0.3, 0.4) is 0 Å². The van der Waals surface area contributed by atoms with Gasteiger partial charge in [0.2, 0.25) is 0 Å². The Bertz CT molecular complexity index is 524. The summed E-state index contributed by atoms with van der Waals surface area (Å²) < 4.78 is 0. The molecule has 0 saturated heterocycles. The van der Waals surface area contributed by atoms with Crippen LogP contribution < -0.4 is 5.73 Å². The van der Waals surface area contributed by atoms with Gasteiger partial charge in [-0.3, -0.25) is 9.63 Å². The lowest BCUT2D eigenvalue weighted by molar-refractivity contribution is -0.163. The summed E-state index contributed by atoms with van der Waals surface area (Å²) in [4.78, 5) is 18.7. The maximum atomic E-state index is 12.2. The minimum absolute atomic E-state index is 0.279. The van der Waals surface area contributed by atoms with Crippen molar-refractivity contribution in [3.63, 3.8) is 0 Å². The van der Waals surface area contributed by atoms with Crippen molar-refractivity contribution in [2.75, 3.05) is 14.2 Å². The third-order valence-corrected chi connectivity index (χ3v) is 3.42. The Kier molecular flexibility index (Phi) is 6.63. The van der Waals surface area contributed by atoms with Crippen LogP contribution in [0.4, 0.5) is 0 Å². The molecule has 0 aliphatic carbocycles. The van der Waals surface area contributed by atoms with Crippen LogP contribution in [0.5, 0.6) is 0 Å². The van der Waals surface area contributed by atoms with E-state index >= 15 is 0 Å². The SMILES string of the molecule is C=C(Sc1ccccc1)/C(=C\C=C/N)C(=O)N(C)OC. The first-order chi connectivity index (χ1) is 9.60. The molecule has 1 amide bonds. The molecule has 0 unspecified atom stereocenters. The molecule has 4 nitrogen and oxygen atoms in total. The lowest BCUT2D eigenvalue weighted by Crippen LogP contribution is -2.27. The number of nitrogens with two attached hydrogens (primary N) is 1. The summed E-state index contributed by atoms with van der Waals surface area (Å²) in [5.74, 6) is -0.279. The molecular weight excluding hydrogens is 272 g/mol. The van der Waals surface area contributed by atoms with Gasteiger partial charge in [-0.05, 0) is 30.5 Å². The number of carbonyl (C=O) groups is 1. The van der Waals surface area contributed by atoms with Gasteiger partial charge in [-0.25, -0.2) is 5.06 Å². The van der Waals surface area contributed by atoms with Crippen molar-refractivity contribution in [1.82, 2.24) is 5.06 Å². The highest BCUT2D eigenvalue weighted by Crippen LogP contribution is 2.30.